The summed E-state index contributed by atoms with van der Waals surface area (Å²) in [6.45, 7) is 11.9. The number of amides is 1. The fraction of sp³-hybridized carbons (Fsp3) is 0.706. The summed E-state index contributed by atoms with van der Waals surface area (Å²) >= 11 is 1.81. The van der Waals surface area contributed by atoms with E-state index in [1.54, 1.807) is 12.0 Å². The average Bonchev–Trinajstić information content (AvgIpc) is 2.97. The van der Waals surface area contributed by atoms with E-state index in [0.29, 0.717) is 13.1 Å². The van der Waals surface area contributed by atoms with Crippen molar-refractivity contribution in [2.45, 2.75) is 58.9 Å². The largest absolute Gasteiger partial charge is 0.444 e. The first kappa shape index (κ1) is 18.2. The molecule has 1 saturated heterocycles. The molecule has 0 bridgehead atoms. The first-order valence-electron chi connectivity index (χ1n) is 7.99. The number of nitrogens with one attached hydrogen (secondary N) is 1. The van der Waals surface area contributed by atoms with Crippen LogP contribution in [0.3, 0.4) is 0 Å². The van der Waals surface area contributed by atoms with Crippen LogP contribution in [0.2, 0.25) is 0 Å². The van der Waals surface area contributed by atoms with Crippen molar-refractivity contribution >= 4 is 17.4 Å². The molecule has 1 aromatic heterocycles. The Morgan fingerprint density at radius 3 is 2.61 bits per heavy atom. The van der Waals surface area contributed by atoms with Crippen LogP contribution in [0.4, 0.5) is 4.79 Å². The van der Waals surface area contributed by atoms with Crippen LogP contribution in [0.1, 0.15) is 36.1 Å². The summed E-state index contributed by atoms with van der Waals surface area (Å²) in [5.41, 5.74) is 0.842. The van der Waals surface area contributed by atoms with Gasteiger partial charge < -0.3 is 19.7 Å². The lowest BCUT2D eigenvalue weighted by molar-refractivity contribution is 0.0252. The maximum atomic E-state index is 12.2. The van der Waals surface area contributed by atoms with Crippen LogP contribution in [0, 0.1) is 13.8 Å². The molecule has 5 nitrogen and oxygen atoms in total. The molecule has 0 saturated carbocycles. The number of likely N-dealkylation sites (tertiary alicyclic amines) is 1. The number of carbonyl (C=O) groups is 1. The van der Waals surface area contributed by atoms with Gasteiger partial charge in [0.2, 0.25) is 0 Å². The standard InChI is InChI=1S/C17H28N2O3S/c1-11-7-13(12(2)23-11)8-18-14-9-19(10-15(14)21-6)16(20)22-17(3,4)5/h7,14-15,18H,8-10H2,1-6H3/t14?,15-/m0/s1. The highest BCUT2D eigenvalue weighted by Crippen LogP contribution is 2.22. The summed E-state index contributed by atoms with van der Waals surface area (Å²) in [4.78, 5) is 16.6. The molecule has 1 aliphatic rings. The highest BCUT2D eigenvalue weighted by Gasteiger charge is 2.37. The van der Waals surface area contributed by atoms with Gasteiger partial charge in [-0.2, -0.15) is 0 Å². The van der Waals surface area contributed by atoms with Gasteiger partial charge in [-0.1, -0.05) is 0 Å². The topological polar surface area (TPSA) is 50.8 Å². The first-order valence-corrected chi connectivity index (χ1v) is 8.81. The summed E-state index contributed by atoms with van der Waals surface area (Å²) in [5, 5.41) is 3.53. The van der Waals surface area contributed by atoms with Crippen LogP contribution in [-0.4, -0.2) is 48.9 Å². The van der Waals surface area contributed by atoms with E-state index in [2.05, 4.69) is 25.2 Å². The number of thiophene rings is 1. The molecule has 0 aliphatic carbocycles. The van der Waals surface area contributed by atoms with Crippen molar-refractivity contribution in [1.29, 1.82) is 0 Å². The summed E-state index contributed by atoms with van der Waals surface area (Å²) < 4.78 is 11.0. The van der Waals surface area contributed by atoms with E-state index < -0.39 is 5.60 Å². The molecular formula is C17H28N2O3S. The third kappa shape index (κ3) is 4.93. The Morgan fingerprint density at radius 2 is 2.09 bits per heavy atom. The molecule has 0 radical (unpaired) electrons. The Hall–Kier alpha value is -1.11. The Kier molecular flexibility index (Phi) is 5.70. The van der Waals surface area contributed by atoms with E-state index >= 15 is 0 Å². The van der Waals surface area contributed by atoms with Gasteiger partial charge in [0.1, 0.15) is 5.60 Å². The highest BCUT2D eigenvalue weighted by atomic mass is 32.1. The van der Waals surface area contributed by atoms with E-state index in [-0.39, 0.29) is 18.2 Å². The second-order valence-electron chi connectivity index (χ2n) is 7.09. The molecule has 2 rings (SSSR count). The van der Waals surface area contributed by atoms with Gasteiger partial charge in [-0.25, -0.2) is 4.79 Å². The maximum absolute atomic E-state index is 12.2. The summed E-state index contributed by atoms with van der Waals surface area (Å²) in [6, 6.07) is 2.34. The van der Waals surface area contributed by atoms with Crippen LogP contribution < -0.4 is 5.32 Å². The number of carbonyl (C=O) groups excluding carboxylic acids is 1. The molecule has 1 aromatic rings. The van der Waals surface area contributed by atoms with Gasteiger partial charge in [0, 0.05) is 30.0 Å². The van der Waals surface area contributed by atoms with Crippen molar-refractivity contribution in [3.05, 3.63) is 21.4 Å². The van der Waals surface area contributed by atoms with Crippen molar-refractivity contribution in [3.63, 3.8) is 0 Å². The number of aryl methyl sites for hydroxylation is 2. The third-order valence-corrected chi connectivity index (χ3v) is 4.93. The quantitative estimate of drug-likeness (QED) is 0.915. The number of hydrogen-bond donors (Lipinski definition) is 1. The van der Waals surface area contributed by atoms with Crippen molar-refractivity contribution in [3.8, 4) is 0 Å². The molecule has 130 valence electrons. The van der Waals surface area contributed by atoms with E-state index in [4.69, 9.17) is 9.47 Å². The Balaban J connectivity index is 1.94. The van der Waals surface area contributed by atoms with Crippen LogP contribution in [0.5, 0.6) is 0 Å². The van der Waals surface area contributed by atoms with Crippen LogP contribution in [-0.2, 0) is 16.0 Å². The Bertz CT molecular complexity index is 551. The molecule has 23 heavy (non-hydrogen) atoms. The normalized spacial score (nSPS) is 21.7. The van der Waals surface area contributed by atoms with Gasteiger partial charge in [-0.15, -0.1) is 11.3 Å². The molecule has 1 amide bonds. The monoisotopic (exact) mass is 340 g/mol. The highest BCUT2D eigenvalue weighted by molar-refractivity contribution is 7.12. The van der Waals surface area contributed by atoms with Gasteiger partial charge >= 0.3 is 6.09 Å². The van der Waals surface area contributed by atoms with E-state index in [1.165, 1.54) is 15.3 Å². The molecular weight excluding hydrogens is 312 g/mol. The fourth-order valence-electron chi connectivity index (χ4n) is 2.78. The van der Waals surface area contributed by atoms with Crippen molar-refractivity contribution in [1.82, 2.24) is 10.2 Å². The lowest BCUT2D eigenvalue weighted by Crippen LogP contribution is -2.40. The van der Waals surface area contributed by atoms with Crippen molar-refractivity contribution in [2.24, 2.45) is 0 Å². The van der Waals surface area contributed by atoms with E-state index in [9.17, 15) is 4.79 Å². The minimum absolute atomic E-state index is 0.0115. The molecule has 1 N–H and O–H groups in total. The number of rotatable bonds is 4. The SMILES string of the molecule is CO[C@H]1CN(C(=O)OC(C)(C)C)CC1NCc1cc(C)sc1C. The summed E-state index contributed by atoms with van der Waals surface area (Å²) in [6.07, 6.45) is -0.283. The van der Waals surface area contributed by atoms with E-state index in [0.717, 1.165) is 6.54 Å². The molecule has 0 aromatic carbocycles. The zero-order valence-corrected chi connectivity index (χ0v) is 15.8. The predicted octanol–water partition coefficient (Wildman–Crippen LogP) is 3.09. The van der Waals surface area contributed by atoms with Crippen molar-refractivity contribution in [2.75, 3.05) is 20.2 Å². The molecule has 1 unspecified atom stereocenters. The summed E-state index contributed by atoms with van der Waals surface area (Å²) in [5.74, 6) is 0. The molecule has 0 spiro atoms. The van der Waals surface area contributed by atoms with Gasteiger partial charge in [0.05, 0.1) is 18.7 Å². The van der Waals surface area contributed by atoms with Gasteiger partial charge in [-0.3, -0.25) is 0 Å². The molecule has 2 heterocycles. The van der Waals surface area contributed by atoms with E-state index in [1.807, 2.05) is 32.1 Å². The van der Waals surface area contributed by atoms with Gasteiger partial charge in [0.15, 0.2) is 0 Å². The lowest BCUT2D eigenvalue weighted by Gasteiger charge is -2.24. The van der Waals surface area contributed by atoms with Crippen molar-refractivity contribution < 1.29 is 14.3 Å². The van der Waals surface area contributed by atoms with Gasteiger partial charge in [-0.05, 0) is 46.2 Å². The first-order chi connectivity index (χ1) is 10.7. The number of hydrogen-bond acceptors (Lipinski definition) is 5. The molecule has 1 aliphatic heterocycles. The van der Waals surface area contributed by atoms with Gasteiger partial charge in [0.25, 0.3) is 0 Å². The molecule has 2 atom stereocenters. The number of ether oxygens (including phenoxy) is 2. The molecule has 6 heteroatoms. The Labute approximate surface area is 143 Å². The number of nitrogens with zero attached hydrogens (tertiary/aromatic N) is 1. The van der Waals surface area contributed by atoms with Crippen LogP contribution in [0.25, 0.3) is 0 Å². The maximum Gasteiger partial charge on any atom is 0.410 e. The Morgan fingerprint density at radius 1 is 1.39 bits per heavy atom. The minimum atomic E-state index is -0.476. The molecule has 1 fully saturated rings. The zero-order valence-electron chi connectivity index (χ0n) is 14.9. The predicted molar refractivity (Wildman–Crippen MR) is 93.0 cm³/mol. The number of methoxy groups -OCH3 is 1. The average molecular weight is 340 g/mol. The second kappa shape index (κ2) is 7.20. The smallest absolute Gasteiger partial charge is 0.410 e. The lowest BCUT2D eigenvalue weighted by atomic mass is 10.2. The second-order valence-corrected chi connectivity index (χ2v) is 8.55. The zero-order chi connectivity index (χ0) is 17.2. The van der Waals surface area contributed by atoms with Crippen LogP contribution >= 0.6 is 11.3 Å². The minimum Gasteiger partial charge on any atom is -0.444 e. The fourth-order valence-corrected chi connectivity index (χ4v) is 3.73. The summed E-state index contributed by atoms with van der Waals surface area (Å²) in [7, 11) is 1.69. The third-order valence-electron chi connectivity index (χ3n) is 3.92. The van der Waals surface area contributed by atoms with Crippen LogP contribution in [0.15, 0.2) is 6.07 Å².